The van der Waals surface area contributed by atoms with Gasteiger partial charge < -0.3 is 14.0 Å². The average Bonchev–Trinajstić information content (AvgIpc) is 2.96. The first-order valence-electron chi connectivity index (χ1n) is 8.58. The molecular formula is C20H20BrN3O2. The molecular weight excluding hydrogens is 394 g/mol. The summed E-state index contributed by atoms with van der Waals surface area (Å²) in [6, 6.07) is 6.18. The van der Waals surface area contributed by atoms with Crippen LogP contribution in [-0.4, -0.2) is 26.5 Å². The summed E-state index contributed by atoms with van der Waals surface area (Å²) < 4.78 is 4.50. The summed E-state index contributed by atoms with van der Waals surface area (Å²) in [4.78, 5) is 27.8. The summed E-state index contributed by atoms with van der Waals surface area (Å²) >= 11 is 3.50. The molecule has 3 heterocycles. The zero-order chi connectivity index (χ0) is 18.6. The zero-order valence-electron chi connectivity index (χ0n) is 15.0. The van der Waals surface area contributed by atoms with Crippen molar-refractivity contribution in [2.24, 2.45) is 14.1 Å². The van der Waals surface area contributed by atoms with Crippen LogP contribution in [0.1, 0.15) is 27.0 Å². The second kappa shape index (κ2) is 6.13. The third-order valence-corrected chi connectivity index (χ3v) is 5.67. The molecule has 1 aromatic carbocycles. The molecule has 0 radical (unpaired) electrons. The second-order valence-corrected chi connectivity index (χ2v) is 7.91. The SMILES string of the molecule is Cc1cn(C)c(=O)c2c(C(=O)N3CCc4cc(Br)ccc4C3)cn(C)c12. The molecule has 26 heavy (non-hydrogen) atoms. The monoisotopic (exact) mass is 413 g/mol. The molecule has 0 spiro atoms. The average molecular weight is 414 g/mol. The topological polar surface area (TPSA) is 47.2 Å². The van der Waals surface area contributed by atoms with Crippen molar-refractivity contribution in [3.05, 3.63) is 67.7 Å². The number of hydrogen-bond donors (Lipinski definition) is 0. The lowest BCUT2D eigenvalue weighted by Crippen LogP contribution is -2.36. The highest BCUT2D eigenvalue weighted by Gasteiger charge is 2.26. The van der Waals surface area contributed by atoms with E-state index in [9.17, 15) is 9.59 Å². The van der Waals surface area contributed by atoms with Gasteiger partial charge >= 0.3 is 0 Å². The number of aryl methyl sites for hydroxylation is 3. The van der Waals surface area contributed by atoms with Crippen LogP contribution in [0.3, 0.4) is 0 Å². The Kier molecular flexibility index (Phi) is 4.03. The minimum absolute atomic E-state index is 0.0770. The van der Waals surface area contributed by atoms with E-state index in [2.05, 4.69) is 28.1 Å². The molecule has 4 rings (SSSR count). The van der Waals surface area contributed by atoms with Gasteiger partial charge in [0.1, 0.15) is 0 Å². The van der Waals surface area contributed by atoms with E-state index in [1.54, 1.807) is 17.8 Å². The first kappa shape index (κ1) is 17.1. The van der Waals surface area contributed by atoms with E-state index in [-0.39, 0.29) is 11.5 Å². The lowest BCUT2D eigenvalue weighted by molar-refractivity contribution is 0.0736. The minimum atomic E-state index is -0.129. The Hall–Kier alpha value is -2.34. The molecule has 0 aliphatic carbocycles. The summed E-state index contributed by atoms with van der Waals surface area (Å²) in [5.41, 5.74) is 4.61. The molecule has 6 heteroatoms. The Morgan fingerprint density at radius 2 is 1.88 bits per heavy atom. The third-order valence-electron chi connectivity index (χ3n) is 5.17. The molecule has 1 aliphatic rings. The summed E-state index contributed by atoms with van der Waals surface area (Å²) in [6.07, 6.45) is 4.43. The number of amides is 1. The van der Waals surface area contributed by atoms with E-state index in [4.69, 9.17) is 0 Å². The number of fused-ring (bicyclic) bond motifs is 2. The summed E-state index contributed by atoms with van der Waals surface area (Å²) in [7, 11) is 3.61. The van der Waals surface area contributed by atoms with E-state index in [0.29, 0.717) is 24.0 Å². The van der Waals surface area contributed by atoms with Crippen molar-refractivity contribution in [1.82, 2.24) is 14.0 Å². The molecule has 0 atom stereocenters. The maximum absolute atomic E-state index is 13.2. The predicted molar refractivity (Wildman–Crippen MR) is 105 cm³/mol. The third kappa shape index (κ3) is 2.60. The van der Waals surface area contributed by atoms with Crippen molar-refractivity contribution in [3.8, 4) is 0 Å². The largest absolute Gasteiger partial charge is 0.349 e. The van der Waals surface area contributed by atoms with Crippen molar-refractivity contribution < 1.29 is 4.79 Å². The second-order valence-electron chi connectivity index (χ2n) is 7.00. The zero-order valence-corrected chi connectivity index (χ0v) is 16.6. The fraction of sp³-hybridized carbons (Fsp3) is 0.300. The van der Waals surface area contributed by atoms with Crippen LogP contribution in [0.25, 0.3) is 10.9 Å². The van der Waals surface area contributed by atoms with Crippen LogP contribution in [0.2, 0.25) is 0 Å². The maximum Gasteiger partial charge on any atom is 0.260 e. The molecule has 5 nitrogen and oxygen atoms in total. The van der Waals surface area contributed by atoms with Crippen LogP contribution in [-0.2, 0) is 27.1 Å². The molecule has 0 N–H and O–H groups in total. The lowest BCUT2D eigenvalue weighted by Gasteiger charge is -2.29. The number of hydrogen-bond acceptors (Lipinski definition) is 2. The van der Waals surface area contributed by atoms with Crippen LogP contribution >= 0.6 is 15.9 Å². The van der Waals surface area contributed by atoms with Gasteiger partial charge in [0.15, 0.2) is 0 Å². The smallest absolute Gasteiger partial charge is 0.260 e. The van der Waals surface area contributed by atoms with Gasteiger partial charge in [0.25, 0.3) is 11.5 Å². The van der Waals surface area contributed by atoms with Crippen molar-refractivity contribution in [2.45, 2.75) is 19.9 Å². The van der Waals surface area contributed by atoms with Crippen molar-refractivity contribution in [1.29, 1.82) is 0 Å². The number of benzene rings is 1. The van der Waals surface area contributed by atoms with E-state index in [1.165, 1.54) is 5.56 Å². The fourth-order valence-corrected chi connectivity index (χ4v) is 4.34. The van der Waals surface area contributed by atoms with Gasteiger partial charge in [-0.15, -0.1) is 0 Å². The highest BCUT2D eigenvalue weighted by atomic mass is 79.9. The van der Waals surface area contributed by atoms with Crippen LogP contribution in [0.5, 0.6) is 0 Å². The van der Waals surface area contributed by atoms with Gasteiger partial charge in [-0.1, -0.05) is 22.0 Å². The summed E-state index contributed by atoms with van der Waals surface area (Å²) in [6.45, 7) is 3.19. The molecule has 1 amide bonds. The molecule has 2 aromatic heterocycles. The van der Waals surface area contributed by atoms with Crippen molar-refractivity contribution in [2.75, 3.05) is 6.54 Å². The summed E-state index contributed by atoms with van der Waals surface area (Å²) in [5.74, 6) is -0.0770. The number of nitrogens with zero attached hydrogens (tertiary/aromatic N) is 3. The van der Waals surface area contributed by atoms with Crippen LogP contribution in [0, 0.1) is 6.92 Å². The minimum Gasteiger partial charge on any atom is -0.349 e. The Morgan fingerprint density at radius 1 is 1.12 bits per heavy atom. The predicted octanol–water partition coefficient (Wildman–Crippen LogP) is 3.15. The number of aromatic nitrogens is 2. The Bertz CT molecular complexity index is 1110. The molecule has 134 valence electrons. The van der Waals surface area contributed by atoms with Gasteiger partial charge in [-0.25, -0.2) is 0 Å². The Morgan fingerprint density at radius 3 is 2.65 bits per heavy atom. The van der Waals surface area contributed by atoms with Gasteiger partial charge in [-0.3, -0.25) is 9.59 Å². The highest BCUT2D eigenvalue weighted by molar-refractivity contribution is 9.10. The molecule has 1 aliphatic heterocycles. The number of halogens is 1. The van der Waals surface area contributed by atoms with Gasteiger partial charge in [0.05, 0.1) is 16.5 Å². The number of carbonyl (C=O) groups excluding carboxylic acids is 1. The molecule has 0 bridgehead atoms. The van der Waals surface area contributed by atoms with Gasteiger partial charge in [0, 0.05) is 44.1 Å². The number of carbonyl (C=O) groups is 1. The molecule has 0 fully saturated rings. The van der Waals surface area contributed by atoms with Crippen molar-refractivity contribution >= 4 is 32.7 Å². The van der Waals surface area contributed by atoms with Crippen molar-refractivity contribution in [3.63, 3.8) is 0 Å². The Balaban J connectivity index is 1.78. The van der Waals surface area contributed by atoms with Gasteiger partial charge in [-0.2, -0.15) is 0 Å². The van der Waals surface area contributed by atoms with E-state index >= 15 is 0 Å². The van der Waals surface area contributed by atoms with Gasteiger partial charge in [-0.05, 0) is 42.2 Å². The standard InChI is InChI=1S/C20H20BrN3O2/c1-12-9-23(3)20(26)17-16(11-22(2)18(12)17)19(25)24-7-6-13-8-15(21)5-4-14(13)10-24/h4-5,8-9,11H,6-7,10H2,1-3H3. The van der Waals surface area contributed by atoms with E-state index < -0.39 is 0 Å². The van der Waals surface area contributed by atoms with Crippen LogP contribution in [0.4, 0.5) is 0 Å². The molecule has 0 unspecified atom stereocenters. The van der Waals surface area contributed by atoms with Gasteiger partial charge in [0.2, 0.25) is 0 Å². The first-order valence-corrected chi connectivity index (χ1v) is 9.38. The molecule has 0 saturated carbocycles. The molecule has 3 aromatic rings. The first-order chi connectivity index (χ1) is 12.4. The fourth-order valence-electron chi connectivity index (χ4n) is 3.93. The van der Waals surface area contributed by atoms with Crippen LogP contribution in [0.15, 0.2) is 39.9 Å². The van der Waals surface area contributed by atoms with Crippen LogP contribution < -0.4 is 5.56 Å². The highest BCUT2D eigenvalue weighted by Crippen LogP contribution is 2.26. The Labute approximate surface area is 160 Å². The van der Waals surface area contributed by atoms with E-state index in [1.807, 2.05) is 35.7 Å². The number of rotatable bonds is 1. The quantitative estimate of drug-likeness (QED) is 0.614. The lowest BCUT2D eigenvalue weighted by atomic mass is 9.99. The normalized spacial score (nSPS) is 13.9. The summed E-state index contributed by atoms with van der Waals surface area (Å²) in [5, 5.41) is 0.515. The van der Waals surface area contributed by atoms with E-state index in [0.717, 1.165) is 27.5 Å². The maximum atomic E-state index is 13.2. The number of pyridine rings is 1. The molecule has 0 saturated heterocycles.